The lowest BCUT2D eigenvalue weighted by Crippen LogP contribution is -2.40. The fourth-order valence-corrected chi connectivity index (χ4v) is 4.61. The molecule has 0 unspecified atom stereocenters. The van der Waals surface area contributed by atoms with Gasteiger partial charge in [0, 0.05) is 12.6 Å². The summed E-state index contributed by atoms with van der Waals surface area (Å²) in [6.07, 6.45) is 9.67. The van der Waals surface area contributed by atoms with E-state index in [9.17, 15) is 4.79 Å². The molecule has 3 rings (SSSR count). The van der Waals surface area contributed by atoms with Gasteiger partial charge < -0.3 is 4.90 Å². The van der Waals surface area contributed by atoms with Crippen molar-refractivity contribution in [3.05, 3.63) is 17.5 Å². The molecule has 2 aliphatic rings. The minimum Gasteiger partial charge on any atom is -0.334 e. The Morgan fingerprint density at radius 1 is 1.22 bits per heavy atom. The first-order valence-corrected chi connectivity index (χ1v) is 9.52. The van der Waals surface area contributed by atoms with Gasteiger partial charge in [-0.1, -0.05) is 26.7 Å². The van der Waals surface area contributed by atoms with Crippen molar-refractivity contribution in [3.63, 3.8) is 0 Å². The summed E-state index contributed by atoms with van der Waals surface area (Å²) in [6, 6.07) is 2.79. The molecule has 128 valence electrons. The third-order valence-corrected chi connectivity index (χ3v) is 5.87. The van der Waals surface area contributed by atoms with Gasteiger partial charge in [-0.2, -0.15) is 5.10 Å². The Balaban J connectivity index is 1.84. The van der Waals surface area contributed by atoms with Crippen LogP contribution in [0.4, 0.5) is 0 Å². The average molecular weight is 317 g/mol. The Kier molecular flexibility index (Phi) is 5.08. The normalized spacial score (nSPS) is 22.4. The number of carbonyl (C=O) groups excluding carboxylic acids is 1. The molecule has 2 fully saturated rings. The van der Waals surface area contributed by atoms with Crippen LogP contribution in [0.15, 0.2) is 6.07 Å². The summed E-state index contributed by atoms with van der Waals surface area (Å²) in [6.45, 7) is 7.27. The van der Waals surface area contributed by atoms with E-state index in [0.29, 0.717) is 12.1 Å². The van der Waals surface area contributed by atoms with Crippen LogP contribution in [-0.4, -0.2) is 33.2 Å². The van der Waals surface area contributed by atoms with Crippen LogP contribution in [0.5, 0.6) is 0 Å². The summed E-state index contributed by atoms with van der Waals surface area (Å²) >= 11 is 0. The lowest BCUT2D eigenvalue weighted by molar-refractivity contribution is 0.0673. The summed E-state index contributed by atoms with van der Waals surface area (Å²) in [5.41, 5.74) is 1.76. The molecule has 2 heterocycles. The molecule has 0 bridgehead atoms. The molecule has 1 atom stereocenters. The molecule has 0 spiro atoms. The van der Waals surface area contributed by atoms with Crippen molar-refractivity contribution >= 4 is 5.91 Å². The fourth-order valence-electron chi connectivity index (χ4n) is 4.61. The Morgan fingerprint density at radius 2 is 1.91 bits per heavy atom. The highest BCUT2D eigenvalue weighted by atomic mass is 16.2. The zero-order chi connectivity index (χ0) is 16.4. The van der Waals surface area contributed by atoms with Gasteiger partial charge in [-0.05, 0) is 57.4 Å². The Bertz CT molecular complexity index is 541. The minimum absolute atomic E-state index is 0.215. The van der Waals surface area contributed by atoms with Gasteiger partial charge in [0.05, 0.1) is 11.7 Å². The molecular formula is C19H31N3O. The lowest BCUT2D eigenvalue weighted by Gasteiger charge is -2.30. The van der Waals surface area contributed by atoms with Gasteiger partial charge in [0.1, 0.15) is 5.69 Å². The van der Waals surface area contributed by atoms with Crippen molar-refractivity contribution in [2.75, 3.05) is 6.54 Å². The van der Waals surface area contributed by atoms with Crippen molar-refractivity contribution in [2.45, 2.75) is 84.2 Å². The number of amides is 1. The molecule has 1 amide bonds. The standard InChI is InChI=1S/C19H31N3O/c1-4-16(5-2)22-18(13-14(3)20-22)19(23)21-12-8-11-17(21)15-9-6-7-10-15/h13,15-17H,4-12H2,1-3H3/t17-/m1/s1. The van der Waals surface area contributed by atoms with Gasteiger partial charge in [-0.3, -0.25) is 9.48 Å². The first-order valence-electron chi connectivity index (χ1n) is 9.52. The first kappa shape index (κ1) is 16.5. The Morgan fingerprint density at radius 3 is 2.57 bits per heavy atom. The monoisotopic (exact) mass is 317 g/mol. The van der Waals surface area contributed by atoms with E-state index < -0.39 is 0 Å². The van der Waals surface area contributed by atoms with Crippen molar-refractivity contribution in [2.24, 2.45) is 5.92 Å². The van der Waals surface area contributed by atoms with Crippen molar-refractivity contribution < 1.29 is 4.79 Å². The van der Waals surface area contributed by atoms with E-state index in [1.807, 2.05) is 17.7 Å². The smallest absolute Gasteiger partial charge is 0.272 e. The molecule has 0 aromatic carbocycles. The van der Waals surface area contributed by atoms with E-state index in [1.54, 1.807) is 0 Å². The highest BCUT2D eigenvalue weighted by Crippen LogP contribution is 2.36. The molecule has 1 aliphatic heterocycles. The Hall–Kier alpha value is -1.32. The van der Waals surface area contributed by atoms with E-state index in [1.165, 1.54) is 32.1 Å². The largest absolute Gasteiger partial charge is 0.334 e. The average Bonchev–Trinajstić information content (AvgIpc) is 3.27. The number of likely N-dealkylation sites (tertiary alicyclic amines) is 1. The van der Waals surface area contributed by atoms with Crippen LogP contribution in [0.25, 0.3) is 0 Å². The molecule has 0 N–H and O–H groups in total. The van der Waals surface area contributed by atoms with E-state index in [-0.39, 0.29) is 5.91 Å². The topological polar surface area (TPSA) is 38.1 Å². The predicted octanol–water partition coefficient (Wildman–Crippen LogP) is 4.35. The van der Waals surface area contributed by atoms with Crippen LogP contribution in [-0.2, 0) is 0 Å². The van der Waals surface area contributed by atoms with Crippen LogP contribution < -0.4 is 0 Å². The van der Waals surface area contributed by atoms with Crippen LogP contribution in [0, 0.1) is 12.8 Å². The van der Waals surface area contributed by atoms with E-state index in [4.69, 9.17) is 0 Å². The molecule has 4 nitrogen and oxygen atoms in total. The SMILES string of the molecule is CCC(CC)n1nc(C)cc1C(=O)N1CCC[C@@H]1C1CCCC1. The number of rotatable bonds is 5. The molecule has 4 heteroatoms. The molecule has 23 heavy (non-hydrogen) atoms. The third-order valence-electron chi connectivity index (χ3n) is 5.87. The minimum atomic E-state index is 0.215. The third kappa shape index (κ3) is 3.17. The summed E-state index contributed by atoms with van der Waals surface area (Å²) in [5.74, 6) is 0.943. The second-order valence-corrected chi connectivity index (χ2v) is 7.34. The van der Waals surface area contributed by atoms with Crippen LogP contribution in [0.2, 0.25) is 0 Å². The maximum absolute atomic E-state index is 13.2. The summed E-state index contributed by atoms with van der Waals surface area (Å²) in [7, 11) is 0. The second-order valence-electron chi connectivity index (χ2n) is 7.34. The van der Waals surface area contributed by atoms with Gasteiger partial charge in [-0.15, -0.1) is 0 Å². The fraction of sp³-hybridized carbons (Fsp3) is 0.789. The van der Waals surface area contributed by atoms with Crippen molar-refractivity contribution in [1.82, 2.24) is 14.7 Å². The van der Waals surface area contributed by atoms with Crippen molar-refractivity contribution in [1.29, 1.82) is 0 Å². The van der Waals surface area contributed by atoms with Crippen LogP contribution >= 0.6 is 0 Å². The molecule has 0 radical (unpaired) electrons. The van der Waals surface area contributed by atoms with Gasteiger partial charge in [0.25, 0.3) is 5.91 Å². The highest BCUT2D eigenvalue weighted by Gasteiger charge is 2.37. The molecule has 1 aromatic rings. The Labute approximate surface area is 140 Å². The molecule has 1 saturated carbocycles. The predicted molar refractivity (Wildman–Crippen MR) is 92.6 cm³/mol. The van der Waals surface area contributed by atoms with E-state index in [0.717, 1.165) is 43.1 Å². The molecule has 1 aliphatic carbocycles. The summed E-state index contributed by atoms with van der Waals surface area (Å²) in [5, 5.41) is 4.64. The molecular weight excluding hydrogens is 286 g/mol. The quantitative estimate of drug-likeness (QED) is 0.810. The van der Waals surface area contributed by atoms with Crippen LogP contribution in [0.3, 0.4) is 0 Å². The van der Waals surface area contributed by atoms with Gasteiger partial charge in [0.15, 0.2) is 0 Å². The van der Waals surface area contributed by atoms with Gasteiger partial charge in [-0.25, -0.2) is 0 Å². The highest BCUT2D eigenvalue weighted by molar-refractivity contribution is 5.93. The van der Waals surface area contributed by atoms with Crippen molar-refractivity contribution in [3.8, 4) is 0 Å². The summed E-state index contributed by atoms with van der Waals surface area (Å²) in [4.78, 5) is 15.4. The maximum Gasteiger partial charge on any atom is 0.272 e. The summed E-state index contributed by atoms with van der Waals surface area (Å²) < 4.78 is 2.00. The molecule has 1 saturated heterocycles. The molecule has 1 aromatic heterocycles. The number of hydrogen-bond acceptors (Lipinski definition) is 2. The maximum atomic E-state index is 13.2. The lowest BCUT2D eigenvalue weighted by atomic mass is 9.96. The zero-order valence-electron chi connectivity index (χ0n) is 14.9. The first-order chi connectivity index (χ1) is 11.2. The van der Waals surface area contributed by atoms with Gasteiger partial charge in [0.2, 0.25) is 0 Å². The number of nitrogens with zero attached hydrogens (tertiary/aromatic N) is 3. The van der Waals surface area contributed by atoms with E-state index >= 15 is 0 Å². The van der Waals surface area contributed by atoms with E-state index in [2.05, 4.69) is 23.8 Å². The number of hydrogen-bond donors (Lipinski definition) is 0. The number of aromatic nitrogens is 2. The zero-order valence-corrected chi connectivity index (χ0v) is 14.9. The number of aryl methyl sites for hydroxylation is 1. The van der Waals surface area contributed by atoms with Crippen LogP contribution in [0.1, 0.15) is 87.4 Å². The number of carbonyl (C=O) groups is 1. The second kappa shape index (κ2) is 7.06. The van der Waals surface area contributed by atoms with Gasteiger partial charge >= 0.3 is 0 Å².